The highest BCUT2D eigenvalue weighted by Crippen LogP contribution is 2.27. The molecule has 3 aromatic rings. The second-order valence-electron chi connectivity index (χ2n) is 6.38. The molecule has 0 aliphatic heterocycles. The number of carbonyl (C=O) groups is 1. The first-order valence-electron chi connectivity index (χ1n) is 9.55. The summed E-state index contributed by atoms with van der Waals surface area (Å²) in [6.07, 6.45) is 3.05. The van der Waals surface area contributed by atoms with E-state index < -0.39 is 11.8 Å². The van der Waals surface area contributed by atoms with Gasteiger partial charge < -0.3 is 14.8 Å². The van der Waals surface area contributed by atoms with Gasteiger partial charge in [0.1, 0.15) is 11.6 Å². The number of anilines is 1. The number of methoxy groups -OCH3 is 1. The Balaban J connectivity index is 2.11. The molecule has 1 heterocycles. The lowest BCUT2D eigenvalue weighted by atomic mass is 10.1. The molecule has 0 bridgehead atoms. The molecular formula is C23H21ClFN3O3. The summed E-state index contributed by atoms with van der Waals surface area (Å²) in [5.74, 6) is -0.737. The lowest BCUT2D eigenvalue weighted by molar-refractivity contribution is 0.0593. The molecule has 0 radical (unpaired) electrons. The number of benzene rings is 2. The van der Waals surface area contributed by atoms with Crippen LogP contribution in [0.4, 0.5) is 10.2 Å². The van der Waals surface area contributed by atoms with Crippen molar-refractivity contribution in [2.45, 2.75) is 13.5 Å². The zero-order chi connectivity index (χ0) is 22.2. The van der Waals surface area contributed by atoms with Crippen molar-refractivity contribution < 1.29 is 18.7 Å². The predicted octanol–water partition coefficient (Wildman–Crippen LogP) is 5.34. The molecule has 0 amide bonds. The van der Waals surface area contributed by atoms with Crippen LogP contribution in [0.2, 0.25) is 5.02 Å². The third kappa shape index (κ3) is 5.58. The monoisotopic (exact) mass is 441 g/mol. The first-order valence-corrected chi connectivity index (χ1v) is 9.93. The van der Waals surface area contributed by atoms with E-state index in [1.54, 1.807) is 12.1 Å². The number of aromatic nitrogens is 2. The Kier molecular flexibility index (Phi) is 7.56. The van der Waals surface area contributed by atoms with Crippen LogP contribution in [0.1, 0.15) is 28.5 Å². The number of nitrogens with zero attached hydrogens (tertiary/aromatic N) is 2. The van der Waals surface area contributed by atoms with Gasteiger partial charge in [-0.1, -0.05) is 41.9 Å². The van der Waals surface area contributed by atoms with Gasteiger partial charge in [-0.05, 0) is 36.8 Å². The van der Waals surface area contributed by atoms with Crippen LogP contribution in [0.5, 0.6) is 0 Å². The summed E-state index contributed by atoms with van der Waals surface area (Å²) in [7, 11) is 1.26. The standard InChI is InChI=1S/C23H21ClFN3O3/c1-3-31-12-11-17-20(23(29)30-2)27-21(16-9-10-18(24)19(25)13-16)28-22(17)26-14-15-7-5-4-6-8-15/h4-13H,3,14H2,1-2H3,(H,26,27,28)/b12-11+. The summed E-state index contributed by atoms with van der Waals surface area (Å²) in [5.41, 5.74) is 1.80. The van der Waals surface area contributed by atoms with Gasteiger partial charge in [-0.2, -0.15) is 0 Å². The highest BCUT2D eigenvalue weighted by molar-refractivity contribution is 6.30. The zero-order valence-corrected chi connectivity index (χ0v) is 17.8. The molecule has 6 nitrogen and oxygen atoms in total. The van der Waals surface area contributed by atoms with E-state index in [1.165, 1.54) is 25.5 Å². The summed E-state index contributed by atoms with van der Waals surface area (Å²) in [6, 6.07) is 13.9. The first-order chi connectivity index (χ1) is 15.0. The molecule has 8 heteroatoms. The second kappa shape index (κ2) is 10.5. The summed E-state index contributed by atoms with van der Waals surface area (Å²) in [6.45, 7) is 2.75. The van der Waals surface area contributed by atoms with Gasteiger partial charge in [0.15, 0.2) is 11.5 Å². The van der Waals surface area contributed by atoms with Crippen molar-refractivity contribution in [2.75, 3.05) is 19.0 Å². The van der Waals surface area contributed by atoms with Crippen molar-refractivity contribution in [3.05, 3.63) is 82.5 Å². The summed E-state index contributed by atoms with van der Waals surface area (Å²) in [4.78, 5) is 21.4. The van der Waals surface area contributed by atoms with E-state index in [0.29, 0.717) is 30.1 Å². The number of carbonyl (C=O) groups excluding carboxylic acids is 1. The molecule has 0 spiro atoms. The minimum Gasteiger partial charge on any atom is -0.501 e. The third-order valence-corrected chi connectivity index (χ3v) is 4.61. The number of hydrogen-bond donors (Lipinski definition) is 1. The molecule has 2 aromatic carbocycles. The fraction of sp³-hybridized carbons (Fsp3) is 0.174. The number of nitrogens with one attached hydrogen (secondary N) is 1. The molecule has 0 saturated heterocycles. The number of halogens is 2. The summed E-state index contributed by atoms with van der Waals surface area (Å²) >= 11 is 5.79. The SMILES string of the molecule is CCO/C=C/c1c(NCc2ccccc2)nc(-c2ccc(Cl)c(F)c2)nc1C(=O)OC. The van der Waals surface area contributed by atoms with Crippen LogP contribution in [-0.2, 0) is 16.0 Å². The van der Waals surface area contributed by atoms with Gasteiger partial charge in [-0.25, -0.2) is 19.2 Å². The van der Waals surface area contributed by atoms with Crippen molar-refractivity contribution >= 4 is 29.5 Å². The molecule has 0 unspecified atom stereocenters. The van der Waals surface area contributed by atoms with E-state index in [9.17, 15) is 9.18 Å². The van der Waals surface area contributed by atoms with E-state index in [1.807, 2.05) is 37.3 Å². The highest BCUT2D eigenvalue weighted by Gasteiger charge is 2.20. The molecule has 1 aromatic heterocycles. The zero-order valence-electron chi connectivity index (χ0n) is 17.1. The molecular weight excluding hydrogens is 421 g/mol. The average Bonchev–Trinajstić information content (AvgIpc) is 2.80. The van der Waals surface area contributed by atoms with Crippen LogP contribution in [0, 0.1) is 5.82 Å². The molecule has 31 heavy (non-hydrogen) atoms. The normalized spacial score (nSPS) is 10.8. The number of hydrogen-bond acceptors (Lipinski definition) is 6. The van der Waals surface area contributed by atoms with Crippen LogP contribution in [-0.4, -0.2) is 29.7 Å². The van der Waals surface area contributed by atoms with E-state index in [0.717, 1.165) is 5.56 Å². The smallest absolute Gasteiger partial charge is 0.357 e. The summed E-state index contributed by atoms with van der Waals surface area (Å²) in [5, 5.41) is 3.21. The maximum absolute atomic E-state index is 14.0. The Morgan fingerprint density at radius 3 is 2.65 bits per heavy atom. The largest absolute Gasteiger partial charge is 0.501 e. The van der Waals surface area contributed by atoms with Gasteiger partial charge >= 0.3 is 5.97 Å². The molecule has 0 saturated carbocycles. The highest BCUT2D eigenvalue weighted by atomic mass is 35.5. The fourth-order valence-electron chi connectivity index (χ4n) is 2.77. The van der Waals surface area contributed by atoms with Crippen molar-refractivity contribution in [1.29, 1.82) is 0 Å². The van der Waals surface area contributed by atoms with E-state index in [2.05, 4.69) is 15.3 Å². The molecule has 0 aliphatic rings. The quantitative estimate of drug-likeness (QED) is 0.375. The van der Waals surface area contributed by atoms with Crippen LogP contribution >= 0.6 is 11.6 Å². The van der Waals surface area contributed by atoms with E-state index in [4.69, 9.17) is 21.1 Å². The lowest BCUT2D eigenvalue weighted by Gasteiger charge is -2.14. The number of esters is 1. The van der Waals surface area contributed by atoms with Crippen LogP contribution in [0.15, 0.2) is 54.8 Å². The van der Waals surface area contributed by atoms with Crippen LogP contribution < -0.4 is 5.32 Å². The second-order valence-corrected chi connectivity index (χ2v) is 6.78. The third-order valence-electron chi connectivity index (χ3n) is 4.30. The average molecular weight is 442 g/mol. The number of rotatable bonds is 8. The Labute approximate surface area is 184 Å². The van der Waals surface area contributed by atoms with Gasteiger partial charge in [-0.3, -0.25) is 0 Å². The lowest BCUT2D eigenvalue weighted by Crippen LogP contribution is -2.13. The minimum atomic E-state index is -0.656. The van der Waals surface area contributed by atoms with Gasteiger partial charge in [-0.15, -0.1) is 0 Å². The van der Waals surface area contributed by atoms with Crippen molar-refractivity contribution in [2.24, 2.45) is 0 Å². The summed E-state index contributed by atoms with van der Waals surface area (Å²) < 4.78 is 24.2. The van der Waals surface area contributed by atoms with Crippen molar-refractivity contribution in [1.82, 2.24) is 9.97 Å². The Bertz CT molecular complexity index is 1090. The number of ether oxygens (including phenoxy) is 2. The Morgan fingerprint density at radius 1 is 1.19 bits per heavy atom. The molecule has 1 N–H and O–H groups in total. The van der Waals surface area contributed by atoms with Crippen LogP contribution in [0.3, 0.4) is 0 Å². The fourth-order valence-corrected chi connectivity index (χ4v) is 2.89. The minimum absolute atomic E-state index is 0.0179. The van der Waals surface area contributed by atoms with Crippen LogP contribution in [0.25, 0.3) is 17.5 Å². The first kappa shape index (κ1) is 22.2. The Hall–Kier alpha value is -3.45. The van der Waals surface area contributed by atoms with Crippen molar-refractivity contribution in [3.63, 3.8) is 0 Å². The Morgan fingerprint density at radius 2 is 1.97 bits per heavy atom. The molecule has 160 valence electrons. The van der Waals surface area contributed by atoms with Gasteiger partial charge in [0.25, 0.3) is 0 Å². The van der Waals surface area contributed by atoms with Gasteiger partial charge in [0.05, 0.1) is 30.6 Å². The van der Waals surface area contributed by atoms with Crippen molar-refractivity contribution in [3.8, 4) is 11.4 Å². The predicted molar refractivity (Wildman–Crippen MR) is 118 cm³/mol. The van der Waals surface area contributed by atoms with E-state index >= 15 is 0 Å². The maximum Gasteiger partial charge on any atom is 0.357 e. The maximum atomic E-state index is 14.0. The topological polar surface area (TPSA) is 73.3 Å². The van der Waals surface area contributed by atoms with E-state index in [-0.39, 0.29) is 16.5 Å². The molecule has 3 rings (SSSR count). The molecule has 0 fully saturated rings. The molecule has 0 atom stereocenters. The van der Waals surface area contributed by atoms with Gasteiger partial charge in [0, 0.05) is 12.1 Å². The molecule has 0 aliphatic carbocycles. The van der Waals surface area contributed by atoms with Gasteiger partial charge in [0.2, 0.25) is 0 Å².